The van der Waals surface area contributed by atoms with Crippen LogP contribution in [0.4, 0.5) is 0 Å². The number of likely N-dealkylation sites (tertiary alicyclic amines) is 1. The minimum Gasteiger partial charge on any atom is -0.457 e. The van der Waals surface area contributed by atoms with Gasteiger partial charge in [-0.15, -0.1) is 0 Å². The molecule has 0 saturated carbocycles. The Balaban J connectivity index is 1.32. The van der Waals surface area contributed by atoms with Gasteiger partial charge in [0.2, 0.25) is 17.6 Å². The monoisotopic (exact) mass is 394 g/mol. The summed E-state index contributed by atoms with van der Waals surface area (Å²) in [5, 5.41) is 0.788. The number of aryl methyl sites for hydroxylation is 1. The zero-order valence-corrected chi connectivity index (χ0v) is 16.1. The Morgan fingerprint density at radius 2 is 1.76 bits per heavy atom. The first-order valence-corrected chi connectivity index (χ1v) is 9.73. The molecule has 2 aliphatic rings. The number of ether oxygens (including phenoxy) is 1. The molecule has 2 aromatic rings. The normalized spacial score (nSPS) is 20.9. The Labute approximate surface area is 167 Å². The molecule has 1 aliphatic heterocycles. The number of hydrogen-bond acceptors (Lipinski definition) is 5. The number of carbonyl (C=O) groups is 4. The molecule has 29 heavy (non-hydrogen) atoms. The Morgan fingerprint density at radius 1 is 1.10 bits per heavy atom. The van der Waals surface area contributed by atoms with E-state index in [1.54, 1.807) is 6.92 Å². The molecule has 0 spiro atoms. The number of esters is 1. The molecule has 7 heteroatoms. The molecule has 7 nitrogen and oxygen atoms in total. The van der Waals surface area contributed by atoms with Gasteiger partial charge in [0, 0.05) is 28.7 Å². The number of Topliss-reactive ketones (excluding diaryl/α,β-unsaturated/α-hetero) is 1. The summed E-state index contributed by atoms with van der Waals surface area (Å²) in [6.07, 6.45) is 4.85. The zero-order chi connectivity index (χ0) is 20.5. The van der Waals surface area contributed by atoms with Crippen LogP contribution >= 0.6 is 0 Å². The van der Waals surface area contributed by atoms with Crippen molar-refractivity contribution in [1.29, 1.82) is 0 Å². The molecule has 0 radical (unpaired) electrons. The van der Waals surface area contributed by atoms with Crippen LogP contribution in [0.15, 0.2) is 36.4 Å². The van der Waals surface area contributed by atoms with Gasteiger partial charge in [0.1, 0.15) is 0 Å². The van der Waals surface area contributed by atoms with Crippen LogP contribution < -0.4 is 0 Å². The van der Waals surface area contributed by atoms with Gasteiger partial charge < -0.3 is 9.72 Å². The number of aromatic nitrogens is 1. The lowest BCUT2D eigenvalue weighted by Crippen LogP contribution is -2.33. The van der Waals surface area contributed by atoms with E-state index in [1.165, 1.54) is 0 Å². The predicted molar refractivity (Wildman–Crippen MR) is 105 cm³/mol. The van der Waals surface area contributed by atoms with Crippen molar-refractivity contribution < 1.29 is 23.9 Å². The lowest BCUT2D eigenvalue weighted by molar-refractivity contribution is -0.145. The highest BCUT2D eigenvalue weighted by atomic mass is 16.5. The molecule has 1 N–H and O–H groups in total. The highest BCUT2D eigenvalue weighted by molar-refractivity contribution is 6.10. The van der Waals surface area contributed by atoms with Crippen molar-refractivity contribution in [1.82, 2.24) is 9.88 Å². The number of amides is 2. The Bertz CT molecular complexity index is 1010. The second-order valence-corrected chi connectivity index (χ2v) is 7.49. The molecular weight excluding hydrogens is 372 g/mol. The summed E-state index contributed by atoms with van der Waals surface area (Å²) >= 11 is 0. The third kappa shape index (κ3) is 3.48. The molecule has 0 unspecified atom stereocenters. The van der Waals surface area contributed by atoms with E-state index in [0.717, 1.165) is 21.5 Å². The number of carbonyl (C=O) groups excluding carboxylic acids is 4. The van der Waals surface area contributed by atoms with E-state index < -0.39 is 5.97 Å². The number of fused-ring (bicyclic) bond motifs is 2. The number of imide groups is 1. The van der Waals surface area contributed by atoms with Gasteiger partial charge in [0.05, 0.1) is 18.3 Å². The number of allylic oxidation sites excluding steroid dienone is 2. The average molecular weight is 394 g/mol. The molecule has 2 amide bonds. The SMILES string of the molecule is Cc1[nH]c2ccccc2c1C(=O)COC(=O)CCN1C(=O)[C@@H]2CC=CC[C@H]2C1=O. The second kappa shape index (κ2) is 7.66. The van der Waals surface area contributed by atoms with Crippen LogP contribution in [0.1, 0.15) is 35.3 Å². The third-order valence-corrected chi connectivity index (χ3v) is 5.68. The lowest BCUT2D eigenvalue weighted by Gasteiger charge is -2.14. The average Bonchev–Trinajstić information content (AvgIpc) is 3.18. The standard InChI is InChI=1S/C22H22N2O5/c1-13-20(16-8-4-5-9-17(16)23-13)18(25)12-29-19(26)10-11-24-21(27)14-6-2-3-7-15(14)22(24)28/h2-5,8-9,14-15,23H,6-7,10-12H2,1H3/t14-,15-/m1/s1. The first kappa shape index (κ1) is 19.1. The highest BCUT2D eigenvalue weighted by Gasteiger charge is 2.46. The van der Waals surface area contributed by atoms with Crippen LogP contribution in [0.2, 0.25) is 0 Å². The molecule has 0 bridgehead atoms. The van der Waals surface area contributed by atoms with E-state index in [0.29, 0.717) is 18.4 Å². The fraction of sp³-hybridized carbons (Fsp3) is 0.364. The number of nitrogens with zero attached hydrogens (tertiary/aromatic N) is 1. The quantitative estimate of drug-likeness (QED) is 0.352. The first-order valence-electron chi connectivity index (χ1n) is 9.73. The van der Waals surface area contributed by atoms with Crippen LogP contribution in [0.3, 0.4) is 0 Å². The summed E-state index contributed by atoms with van der Waals surface area (Å²) in [4.78, 5) is 53.8. The van der Waals surface area contributed by atoms with Gasteiger partial charge in [-0.05, 0) is 25.8 Å². The topological polar surface area (TPSA) is 96.5 Å². The van der Waals surface area contributed by atoms with E-state index in [1.807, 2.05) is 36.4 Å². The molecule has 150 valence electrons. The van der Waals surface area contributed by atoms with Gasteiger partial charge in [-0.2, -0.15) is 0 Å². The van der Waals surface area contributed by atoms with Crippen LogP contribution in [-0.2, 0) is 19.1 Å². The zero-order valence-electron chi connectivity index (χ0n) is 16.1. The number of nitrogens with one attached hydrogen (secondary N) is 1. The van der Waals surface area contributed by atoms with Gasteiger partial charge in [-0.1, -0.05) is 30.4 Å². The third-order valence-electron chi connectivity index (χ3n) is 5.68. The van der Waals surface area contributed by atoms with Crippen molar-refractivity contribution >= 4 is 34.5 Å². The largest absolute Gasteiger partial charge is 0.457 e. The van der Waals surface area contributed by atoms with Crippen LogP contribution in [0.5, 0.6) is 0 Å². The van der Waals surface area contributed by atoms with Crippen molar-refractivity contribution in [2.24, 2.45) is 11.8 Å². The number of ketones is 1. The van der Waals surface area contributed by atoms with Gasteiger partial charge in [0.25, 0.3) is 0 Å². The summed E-state index contributed by atoms with van der Waals surface area (Å²) in [5.74, 6) is -1.96. The highest BCUT2D eigenvalue weighted by Crippen LogP contribution is 2.35. The molecule has 2 heterocycles. The van der Waals surface area contributed by atoms with E-state index >= 15 is 0 Å². The fourth-order valence-electron chi connectivity index (χ4n) is 4.22. The summed E-state index contributed by atoms with van der Waals surface area (Å²) in [5.41, 5.74) is 2.08. The molecule has 1 saturated heterocycles. The van der Waals surface area contributed by atoms with Crippen molar-refractivity contribution in [2.45, 2.75) is 26.2 Å². The van der Waals surface area contributed by atoms with E-state index in [2.05, 4.69) is 4.98 Å². The summed E-state index contributed by atoms with van der Waals surface area (Å²) in [7, 11) is 0. The van der Waals surface area contributed by atoms with Crippen molar-refractivity contribution in [3.8, 4) is 0 Å². The summed E-state index contributed by atoms with van der Waals surface area (Å²) < 4.78 is 5.12. The van der Waals surface area contributed by atoms with Crippen LogP contribution in [0, 0.1) is 18.8 Å². The maximum Gasteiger partial charge on any atom is 0.308 e. The van der Waals surface area contributed by atoms with Crippen LogP contribution in [0.25, 0.3) is 10.9 Å². The maximum atomic E-state index is 12.6. The van der Waals surface area contributed by atoms with Gasteiger partial charge in [0.15, 0.2) is 6.61 Å². The predicted octanol–water partition coefficient (Wildman–Crippen LogP) is 2.54. The number of hydrogen-bond donors (Lipinski definition) is 1. The Morgan fingerprint density at radius 3 is 2.45 bits per heavy atom. The van der Waals surface area contributed by atoms with Crippen molar-refractivity contribution in [3.63, 3.8) is 0 Å². The maximum absolute atomic E-state index is 12.6. The van der Waals surface area contributed by atoms with Gasteiger partial charge in [-0.25, -0.2) is 0 Å². The fourth-order valence-corrected chi connectivity index (χ4v) is 4.22. The second-order valence-electron chi connectivity index (χ2n) is 7.49. The van der Waals surface area contributed by atoms with Gasteiger partial charge >= 0.3 is 5.97 Å². The van der Waals surface area contributed by atoms with Crippen molar-refractivity contribution in [3.05, 3.63) is 47.7 Å². The van der Waals surface area contributed by atoms with E-state index in [9.17, 15) is 19.2 Å². The minimum absolute atomic E-state index is 0.0101. The number of H-pyrrole nitrogens is 1. The Hall–Kier alpha value is -3.22. The lowest BCUT2D eigenvalue weighted by atomic mass is 9.85. The number of para-hydroxylation sites is 1. The molecule has 2 atom stereocenters. The first-order chi connectivity index (χ1) is 14.0. The minimum atomic E-state index is -0.607. The number of aromatic amines is 1. The number of rotatable bonds is 6. The Kier molecular flexibility index (Phi) is 5.05. The van der Waals surface area contributed by atoms with Crippen molar-refractivity contribution in [2.75, 3.05) is 13.2 Å². The summed E-state index contributed by atoms with van der Waals surface area (Å²) in [6.45, 7) is 1.41. The molecular formula is C22H22N2O5. The molecule has 1 aromatic carbocycles. The molecule has 1 fully saturated rings. The van der Waals surface area contributed by atoms with Gasteiger partial charge in [-0.3, -0.25) is 24.1 Å². The smallest absolute Gasteiger partial charge is 0.308 e. The number of benzene rings is 1. The summed E-state index contributed by atoms with van der Waals surface area (Å²) in [6, 6.07) is 7.43. The van der Waals surface area contributed by atoms with E-state index in [-0.39, 0.29) is 49.0 Å². The van der Waals surface area contributed by atoms with Crippen LogP contribution in [-0.4, -0.2) is 46.6 Å². The molecule has 4 rings (SSSR count). The molecule has 1 aromatic heterocycles. The molecule has 1 aliphatic carbocycles. The van der Waals surface area contributed by atoms with E-state index in [4.69, 9.17) is 4.74 Å².